The summed E-state index contributed by atoms with van der Waals surface area (Å²) < 4.78 is 0. The number of alkyl halides is 1. The van der Waals surface area contributed by atoms with E-state index < -0.39 is 0 Å². The SMILES string of the molecule is CC(C)CN(CC(C)(C)CBr)C1CC1. The summed E-state index contributed by atoms with van der Waals surface area (Å²) in [5.41, 5.74) is 0.414. The monoisotopic (exact) mass is 261 g/mol. The van der Waals surface area contributed by atoms with Gasteiger partial charge in [-0.3, -0.25) is 4.90 Å². The molecule has 0 aromatic heterocycles. The number of hydrogen-bond donors (Lipinski definition) is 0. The van der Waals surface area contributed by atoms with E-state index in [2.05, 4.69) is 48.5 Å². The molecule has 0 aliphatic heterocycles. The van der Waals surface area contributed by atoms with Gasteiger partial charge in [-0.1, -0.05) is 43.6 Å². The largest absolute Gasteiger partial charge is 0.300 e. The molecule has 0 bridgehead atoms. The molecule has 84 valence electrons. The van der Waals surface area contributed by atoms with Crippen molar-refractivity contribution in [1.29, 1.82) is 0 Å². The zero-order valence-electron chi connectivity index (χ0n) is 10.0. The summed E-state index contributed by atoms with van der Waals surface area (Å²) in [5, 5.41) is 1.10. The molecule has 0 atom stereocenters. The maximum Gasteiger partial charge on any atom is 0.00967 e. The first-order chi connectivity index (χ1) is 6.44. The van der Waals surface area contributed by atoms with Crippen LogP contribution in [-0.4, -0.2) is 29.4 Å². The average molecular weight is 262 g/mol. The molecule has 1 fully saturated rings. The van der Waals surface area contributed by atoms with Crippen molar-refractivity contribution in [2.24, 2.45) is 11.3 Å². The Balaban J connectivity index is 2.42. The van der Waals surface area contributed by atoms with Gasteiger partial charge in [-0.25, -0.2) is 0 Å². The molecular formula is C12H24BrN. The van der Waals surface area contributed by atoms with Gasteiger partial charge >= 0.3 is 0 Å². The molecule has 0 heterocycles. The van der Waals surface area contributed by atoms with Crippen LogP contribution in [0.3, 0.4) is 0 Å². The highest BCUT2D eigenvalue weighted by Crippen LogP contribution is 2.31. The predicted molar refractivity (Wildman–Crippen MR) is 67.0 cm³/mol. The van der Waals surface area contributed by atoms with Gasteiger partial charge < -0.3 is 0 Å². The summed E-state index contributed by atoms with van der Waals surface area (Å²) in [6.07, 6.45) is 2.84. The van der Waals surface area contributed by atoms with Gasteiger partial charge in [0.05, 0.1) is 0 Å². The summed E-state index contributed by atoms with van der Waals surface area (Å²) in [4.78, 5) is 2.69. The number of halogens is 1. The first-order valence-corrected chi connectivity index (χ1v) is 6.87. The van der Waals surface area contributed by atoms with Crippen molar-refractivity contribution < 1.29 is 0 Å². The van der Waals surface area contributed by atoms with Crippen LogP contribution in [0.4, 0.5) is 0 Å². The van der Waals surface area contributed by atoms with Crippen LogP contribution in [0.2, 0.25) is 0 Å². The molecule has 14 heavy (non-hydrogen) atoms. The Bertz CT molecular complexity index is 173. The van der Waals surface area contributed by atoms with Gasteiger partial charge in [0.25, 0.3) is 0 Å². The Kier molecular flexibility index (Phi) is 4.45. The molecule has 0 amide bonds. The van der Waals surface area contributed by atoms with Crippen LogP contribution in [0.5, 0.6) is 0 Å². The first-order valence-electron chi connectivity index (χ1n) is 5.74. The lowest BCUT2D eigenvalue weighted by atomic mass is 9.95. The van der Waals surface area contributed by atoms with Crippen molar-refractivity contribution >= 4 is 15.9 Å². The molecule has 1 saturated carbocycles. The third kappa shape index (κ3) is 4.31. The van der Waals surface area contributed by atoms with Crippen LogP contribution in [-0.2, 0) is 0 Å². The third-order valence-electron chi connectivity index (χ3n) is 2.66. The third-order valence-corrected chi connectivity index (χ3v) is 4.17. The second kappa shape index (κ2) is 4.98. The Hall–Kier alpha value is 0.440. The van der Waals surface area contributed by atoms with Crippen molar-refractivity contribution in [2.75, 3.05) is 18.4 Å². The topological polar surface area (TPSA) is 3.24 Å². The zero-order valence-corrected chi connectivity index (χ0v) is 11.6. The van der Waals surface area contributed by atoms with Gasteiger partial charge in [-0.2, -0.15) is 0 Å². The second-order valence-electron chi connectivity index (χ2n) is 5.85. The zero-order chi connectivity index (χ0) is 10.8. The minimum absolute atomic E-state index is 0.414. The van der Waals surface area contributed by atoms with Gasteiger partial charge in [-0.05, 0) is 24.2 Å². The molecule has 0 N–H and O–H groups in total. The fraction of sp³-hybridized carbons (Fsp3) is 1.00. The number of nitrogens with zero attached hydrogens (tertiary/aromatic N) is 1. The van der Waals surface area contributed by atoms with E-state index in [1.807, 2.05) is 0 Å². The molecule has 1 aliphatic carbocycles. The number of rotatable bonds is 6. The summed E-state index contributed by atoms with van der Waals surface area (Å²) >= 11 is 3.61. The van der Waals surface area contributed by atoms with E-state index in [0.29, 0.717) is 5.41 Å². The molecular weight excluding hydrogens is 238 g/mol. The van der Waals surface area contributed by atoms with Gasteiger partial charge in [0, 0.05) is 24.5 Å². The summed E-state index contributed by atoms with van der Waals surface area (Å²) in [6, 6.07) is 0.899. The van der Waals surface area contributed by atoms with E-state index in [-0.39, 0.29) is 0 Å². The molecule has 0 radical (unpaired) electrons. The van der Waals surface area contributed by atoms with Gasteiger partial charge in [0.1, 0.15) is 0 Å². The Labute approximate surface area is 97.4 Å². The van der Waals surface area contributed by atoms with E-state index in [0.717, 1.165) is 17.3 Å². The van der Waals surface area contributed by atoms with Gasteiger partial charge in [0.15, 0.2) is 0 Å². The molecule has 0 saturated heterocycles. The molecule has 0 unspecified atom stereocenters. The molecule has 1 nitrogen and oxygen atoms in total. The quantitative estimate of drug-likeness (QED) is 0.662. The maximum atomic E-state index is 3.61. The van der Waals surface area contributed by atoms with Gasteiger partial charge in [-0.15, -0.1) is 0 Å². The normalized spacial score (nSPS) is 18.2. The van der Waals surface area contributed by atoms with E-state index >= 15 is 0 Å². The molecule has 0 spiro atoms. The van der Waals surface area contributed by atoms with Crippen molar-refractivity contribution in [2.45, 2.75) is 46.6 Å². The van der Waals surface area contributed by atoms with Gasteiger partial charge in [0.2, 0.25) is 0 Å². The fourth-order valence-corrected chi connectivity index (χ4v) is 2.02. The average Bonchev–Trinajstić information content (AvgIpc) is 2.84. The van der Waals surface area contributed by atoms with Crippen LogP contribution in [0.15, 0.2) is 0 Å². The summed E-state index contributed by atoms with van der Waals surface area (Å²) in [6.45, 7) is 11.8. The molecule has 1 aliphatic rings. The standard InChI is InChI=1S/C12H24BrN/c1-10(2)7-14(11-5-6-11)9-12(3,4)8-13/h10-11H,5-9H2,1-4H3. The van der Waals surface area contributed by atoms with Crippen molar-refractivity contribution in [1.82, 2.24) is 4.90 Å². The highest BCUT2D eigenvalue weighted by Gasteiger charge is 2.32. The maximum absolute atomic E-state index is 3.61. The van der Waals surface area contributed by atoms with Crippen LogP contribution < -0.4 is 0 Å². The lowest BCUT2D eigenvalue weighted by Crippen LogP contribution is -2.38. The minimum Gasteiger partial charge on any atom is -0.300 e. The molecule has 1 rings (SSSR count). The van der Waals surface area contributed by atoms with E-state index in [1.165, 1.54) is 25.9 Å². The molecule has 0 aromatic carbocycles. The van der Waals surface area contributed by atoms with Crippen LogP contribution >= 0.6 is 15.9 Å². The second-order valence-corrected chi connectivity index (χ2v) is 6.41. The minimum atomic E-state index is 0.414. The smallest absolute Gasteiger partial charge is 0.00967 e. The Morgan fingerprint density at radius 1 is 1.36 bits per heavy atom. The van der Waals surface area contributed by atoms with E-state index in [4.69, 9.17) is 0 Å². The van der Waals surface area contributed by atoms with Crippen LogP contribution in [0, 0.1) is 11.3 Å². The number of hydrogen-bond acceptors (Lipinski definition) is 1. The fourth-order valence-electron chi connectivity index (χ4n) is 1.84. The van der Waals surface area contributed by atoms with Crippen molar-refractivity contribution in [3.05, 3.63) is 0 Å². The van der Waals surface area contributed by atoms with Crippen molar-refractivity contribution in [3.8, 4) is 0 Å². The highest BCUT2D eigenvalue weighted by molar-refractivity contribution is 9.09. The lowest BCUT2D eigenvalue weighted by Gasteiger charge is -2.32. The van der Waals surface area contributed by atoms with Crippen LogP contribution in [0.1, 0.15) is 40.5 Å². The first kappa shape index (κ1) is 12.5. The Morgan fingerprint density at radius 3 is 2.29 bits per heavy atom. The lowest BCUT2D eigenvalue weighted by molar-refractivity contribution is 0.169. The summed E-state index contributed by atoms with van der Waals surface area (Å²) in [7, 11) is 0. The molecule has 0 aromatic rings. The Morgan fingerprint density at radius 2 is 1.93 bits per heavy atom. The van der Waals surface area contributed by atoms with Crippen LogP contribution in [0.25, 0.3) is 0 Å². The highest BCUT2D eigenvalue weighted by atomic mass is 79.9. The predicted octanol–water partition coefficient (Wildman–Crippen LogP) is 3.53. The van der Waals surface area contributed by atoms with Crippen molar-refractivity contribution in [3.63, 3.8) is 0 Å². The summed E-state index contributed by atoms with van der Waals surface area (Å²) in [5.74, 6) is 0.793. The molecule has 2 heteroatoms. The van der Waals surface area contributed by atoms with E-state index in [1.54, 1.807) is 0 Å². The van der Waals surface area contributed by atoms with E-state index in [9.17, 15) is 0 Å².